The molecule has 1 aliphatic heterocycles. The van der Waals surface area contributed by atoms with Gasteiger partial charge in [0.15, 0.2) is 11.5 Å². The average molecular weight is 448 g/mol. The summed E-state index contributed by atoms with van der Waals surface area (Å²) in [4.78, 5) is 14.0. The Bertz CT molecular complexity index is 1050. The Labute approximate surface area is 194 Å². The third-order valence-electron chi connectivity index (χ3n) is 6.05. The van der Waals surface area contributed by atoms with E-state index in [1.54, 1.807) is 14.2 Å². The van der Waals surface area contributed by atoms with Gasteiger partial charge in [-0.1, -0.05) is 60.7 Å². The zero-order valence-corrected chi connectivity index (χ0v) is 18.9. The smallest absolute Gasteiger partial charge is 0.320 e. The molecule has 6 nitrogen and oxygen atoms in total. The van der Waals surface area contributed by atoms with Gasteiger partial charge in [0.1, 0.15) is 12.6 Å². The maximum absolute atomic E-state index is 12.0. The number of hydrogen-bond acceptors (Lipinski definition) is 5. The summed E-state index contributed by atoms with van der Waals surface area (Å²) in [6.07, 6.45) is 1.47. The highest BCUT2D eigenvalue weighted by Crippen LogP contribution is 2.44. The molecule has 0 aromatic heterocycles. The second kappa shape index (κ2) is 10.4. The summed E-state index contributed by atoms with van der Waals surface area (Å²) >= 11 is 0. The van der Waals surface area contributed by atoms with E-state index in [0.717, 1.165) is 23.1 Å². The number of benzene rings is 3. The molecule has 0 saturated carbocycles. The minimum Gasteiger partial charge on any atom is -0.493 e. The number of hydrogen-bond donors (Lipinski definition) is 1. The molecule has 33 heavy (non-hydrogen) atoms. The lowest BCUT2D eigenvalue weighted by atomic mass is 9.95. The van der Waals surface area contributed by atoms with Gasteiger partial charge in [0.25, 0.3) is 0 Å². The molecule has 0 amide bonds. The number of methoxy groups -OCH3 is 2. The Balaban J connectivity index is 1.75. The number of carboxylic acid groups (broad SMARTS) is 1. The molecule has 0 spiro atoms. The van der Waals surface area contributed by atoms with E-state index in [4.69, 9.17) is 14.2 Å². The normalized spacial score (nSPS) is 16.8. The van der Waals surface area contributed by atoms with Crippen molar-refractivity contribution in [2.24, 2.45) is 0 Å². The fraction of sp³-hybridized carbons (Fsp3) is 0.296. The summed E-state index contributed by atoms with van der Waals surface area (Å²) in [6, 6.07) is 22.9. The fourth-order valence-corrected chi connectivity index (χ4v) is 4.50. The predicted molar refractivity (Wildman–Crippen MR) is 126 cm³/mol. The van der Waals surface area contributed by atoms with E-state index in [-0.39, 0.29) is 6.04 Å². The molecule has 1 fully saturated rings. The zero-order valence-electron chi connectivity index (χ0n) is 18.9. The number of ether oxygens (including phenoxy) is 3. The van der Waals surface area contributed by atoms with Crippen LogP contribution in [-0.4, -0.2) is 42.8 Å². The zero-order chi connectivity index (χ0) is 23.2. The first-order chi connectivity index (χ1) is 16.1. The largest absolute Gasteiger partial charge is 0.493 e. The van der Waals surface area contributed by atoms with Crippen LogP contribution in [0.15, 0.2) is 72.8 Å². The maximum Gasteiger partial charge on any atom is 0.320 e. The molecule has 0 bridgehead atoms. The highest BCUT2D eigenvalue weighted by Gasteiger charge is 2.37. The lowest BCUT2D eigenvalue weighted by Gasteiger charge is -2.32. The molecule has 6 heteroatoms. The standard InChI is InChI=1S/C27H29NO5/c1-31-23-16-21(17-24(32-2)26(23)33-18-19-10-5-3-6-11-19)25(20-12-7-4-8-13-20)28-15-9-14-22(28)27(29)30/h3-8,10-13,16-17,22,25H,9,14-15,18H2,1-2H3,(H,29,30). The molecule has 0 aliphatic carbocycles. The minimum atomic E-state index is -0.796. The van der Waals surface area contributed by atoms with Gasteiger partial charge in [-0.05, 0) is 41.7 Å². The third kappa shape index (κ3) is 4.96. The van der Waals surface area contributed by atoms with Gasteiger partial charge in [-0.15, -0.1) is 0 Å². The molecule has 0 radical (unpaired) electrons. The minimum absolute atomic E-state index is 0.249. The lowest BCUT2D eigenvalue weighted by Crippen LogP contribution is -2.39. The highest BCUT2D eigenvalue weighted by atomic mass is 16.5. The molecule has 2 atom stereocenters. The number of nitrogens with zero attached hydrogens (tertiary/aromatic N) is 1. The van der Waals surface area contributed by atoms with E-state index in [1.165, 1.54) is 0 Å². The van der Waals surface area contributed by atoms with Crippen molar-refractivity contribution in [2.45, 2.75) is 31.5 Å². The maximum atomic E-state index is 12.0. The van der Waals surface area contributed by atoms with Gasteiger partial charge in [-0.3, -0.25) is 9.69 Å². The van der Waals surface area contributed by atoms with Crippen molar-refractivity contribution in [3.63, 3.8) is 0 Å². The first kappa shape index (κ1) is 22.7. The number of carbonyl (C=O) groups is 1. The quantitative estimate of drug-likeness (QED) is 0.502. The summed E-state index contributed by atoms with van der Waals surface area (Å²) in [5, 5.41) is 9.84. The predicted octanol–water partition coefficient (Wildman–Crippen LogP) is 4.92. The monoisotopic (exact) mass is 447 g/mol. The van der Waals surface area contributed by atoms with Crippen molar-refractivity contribution in [2.75, 3.05) is 20.8 Å². The molecule has 1 aliphatic rings. The molecule has 2 unspecified atom stereocenters. The van der Waals surface area contributed by atoms with Crippen LogP contribution in [0.2, 0.25) is 0 Å². The third-order valence-corrected chi connectivity index (χ3v) is 6.05. The van der Waals surface area contributed by atoms with E-state index in [2.05, 4.69) is 4.90 Å². The van der Waals surface area contributed by atoms with Crippen molar-refractivity contribution in [1.29, 1.82) is 0 Å². The van der Waals surface area contributed by atoms with Crippen molar-refractivity contribution in [3.05, 3.63) is 89.5 Å². The molecule has 1 heterocycles. The Morgan fingerprint density at radius 1 is 0.970 bits per heavy atom. The summed E-state index contributed by atoms with van der Waals surface area (Å²) in [5.74, 6) is 0.824. The van der Waals surface area contributed by atoms with Gasteiger partial charge in [0.2, 0.25) is 5.75 Å². The SMILES string of the molecule is COc1cc(C(c2ccccc2)N2CCCC2C(=O)O)cc(OC)c1OCc1ccccc1. The lowest BCUT2D eigenvalue weighted by molar-refractivity contribution is -0.142. The summed E-state index contributed by atoms with van der Waals surface area (Å²) < 4.78 is 17.5. The van der Waals surface area contributed by atoms with Crippen molar-refractivity contribution in [3.8, 4) is 17.2 Å². The Kier molecular flexibility index (Phi) is 7.15. The number of rotatable bonds is 9. The molecule has 172 valence electrons. The van der Waals surface area contributed by atoms with Crippen molar-refractivity contribution in [1.82, 2.24) is 4.90 Å². The molecule has 3 aromatic rings. The van der Waals surface area contributed by atoms with Crippen LogP contribution in [0.4, 0.5) is 0 Å². The average Bonchev–Trinajstić information content (AvgIpc) is 3.34. The second-order valence-corrected chi connectivity index (χ2v) is 8.08. The first-order valence-corrected chi connectivity index (χ1v) is 11.1. The molecule has 4 rings (SSSR count). The molecular formula is C27H29NO5. The van der Waals surface area contributed by atoms with Crippen LogP contribution in [0.5, 0.6) is 17.2 Å². The van der Waals surface area contributed by atoms with Gasteiger partial charge < -0.3 is 19.3 Å². The Morgan fingerprint density at radius 3 is 2.15 bits per heavy atom. The Hall–Kier alpha value is -3.51. The molecule has 3 aromatic carbocycles. The van der Waals surface area contributed by atoms with Crippen LogP contribution in [0.1, 0.15) is 35.6 Å². The number of carboxylic acids is 1. The van der Waals surface area contributed by atoms with Gasteiger partial charge in [0, 0.05) is 6.54 Å². The van der Waals surface area contributed by atoms with Crippen molar-refractivity contribution < 1.29 is 24.1 Å². The van der Waals surface area contributed by atoms with Crippen LogP contribution in [0.3, 0.4) is 0 Å². The van der Waals surface area contributed by atoms with Crippen molar-refractivity contribution >= 4 is 5.97 Å². The van der Waals surface area contributed by atoms with Crippen LogP contribution in [0.25, 0.3) is 0 Å². The van der Waals surface area contributed by atoms with E-state index >= 15 is 0 Å². The number of likely N-dealkylation sites (tertiary alicyclic amines) is 1. The molecule has 1 saturated heterocycles. The summed E-state index contributed by atoms with van der Waals surface area (Å²) in [6.45, 7) is 1.08. The van der Waals surface area contributed by atoms with Gasteiger partial charge in [0.05, 0.1) is 20.3 Å². The van der Waals surface area contributed by atoms with E-state index in [0.29, 0.717) is 36.8 Å². The van der Waals surface area contributed by atoms with E-state index in [9.17, 15) is 9.90 Å². The second-order valence-electron chi connectivity index (χ2n) is 8.08. The van der Waals surface area contributed by atoms with Gasteiger partial charge in [-0.25, -0.2) is 0 Å². The van der Waals surface area contributed by atoms with E-state index in [1.807, 2.05) is 72.8 Å². The topological polar surface area (TPSA) is 68.2 Å². The molecule has 1 N–H and O–H groups in total. The van der Waals surface area contributed by atoms with Crippen LogP contribution in [0, 0.1) is 0 Å². The number of aliphatic carboxylic acids is 1. The van der Waals surface area contributed by atoms with Crippen LogP contribution in [-0.2, 0) is 11.4 Å². The Morgan fingerprint density at radius 2 is 1.58 bits per heavy atom. The molecular weight excluding hydrogens is 418 g/mol. The first-order valence-electron chi connectivity index (χ1n) is 11.1. The van der Waals surface area contributed by atoms with Gasteiger partial charge >= 0.3 is 5.97 Å². The summed E-state index contributed by atoms with van der Waals surface area (Å²) in [5.41, 5.74) is 2.96. The van der Waals surface area contributed by atoms with Crippen LogP contribution >= 0.6 is 0 Å². The van der Waals surface area contributed by atoms with Gasteiger partial charge in [-0.2, -0.15) is 0 Å². The fourth-order valence-electron chi connectivity index (χ4n) is 4.50. The van der Waals surface area contributed by atoms with Crippen LogP contribution < -0.4 is 14.2 Å². The summed E-state index contributed by atoms with van der Waals surface area (Å²) in [7, 11) is 3.20. The van der Waals surface area contributed by atoms with E-state index < -0.39 is 12.0 Å². The highest BCUT2D eigenvalue weighted by molar-refractivity contribution is 5.74.